The number of hydrazine groups is 1. The average molecular weight is 390 g/mol. The maximum atomic E-state index is 13.4. The summed E-state index contributed by atoms with van der Waals surface area (Å²) in [6, 6.07) is 25.8. The fraction of sp³-hybridized carbons (Fsp3) is 0.174. The third-order valence-electron chi connectivity index (χ3n) is 5.51. The maximum absolute atomic E-state index is 13.4. The number of anilines is 2. The van der Waals surface area contributed by atoms with Crippen molar-refractivity contribution in [3.63, 3.8) is 0 Å². The Labute approximate surface area is 169 Å². The van der Waals surface area contributed by atoms with E-state index >= 15 is 0 Å². The first-order chi connectivity index (χ1) is 13.7. The van der Waals surface area contributed by atoms with Gasteiger partial charge in [-0.25, -0.2) is 5.01 Å². The van der Waals surface area contributed by atoms with Crippen LogP contribution in [0.4, 0.5) is 11.4 Å². The zero-order valence-corrected chi connectivity index (χ0v) is 16.0. The minimum absolute atomic E-state index is 0.0957. The number of para-hydroxylation sites is 2. The minimum atomic E-state index is -0.239. The third-order valence-corrected chi connectivity index (χ3v) is 5.77. The topological polar surface area (TPSA) is 35.6 Å². The Kier molecular flexibility index (Phi) is 4.21. The Morgan fingerprint density at radius 2 is 1.61 bits per heavy atom. The molecular formula is C23H20ClN3O. The first-order valence-corrected chi connectivity index (χ1v) is 9.87. The van der Waals surface area contributed by atoms with Gasteiger partial charge in [0, 0.05) is 10.7 Å². The van der Waals surface area contributed by atoms with E-state index in [0.717, 1.165) is 29.8 Å². The zero-order chi connectivity index (χ0) is 19.1. The van der Waals surface area contributed by atoms with Crippen molar-refractivity contribution >= 4 is 28.9 Å². The summed E-state index contributed by atoms with van der Waals surface area (Å²) in [5, 5.41) is 2.46. The van der Waals surface area contributed by atoms with Gasteiger partial charge in [-0.3, -0.25) is 10.2 Å². The summed E-state index contributed by atoms with van der Waals surface area (Å²) in [6.45, 7) is 0. The molecular weight excluding hydrogens is 370 g/mol. The van der Waals surface area contributed by atoms with Crippen molar-refractivity contribution in [3.05, 3.63) is 95.0 Å². The number of amides is 1. The highest BCUT2D eigenvalue weighted by molar-refractivity contribution is 6.30. The predicted octanol–water partition coefficient (Wildman–Crippen LogP) is 5.03. The molecule has 2 atom stereocenters. The largest absolute Gasteiger partial charge is 0.333 e. The van der Waals surface area contributed by atoms with Gasteiger partial charge in [-0.1, -0.05) is 60.1 Å². The predicted molar refractivity (Wildman–Crippen MR) is 112 cm³/mol. The number of hydrogen-bond donors (Lipinski definition) is 1. The number of rotatable bonds is 3. The van der Waals surface area contributed by atoms with E-state index in [1.807, 2.05) is 60.7 Å². The zero-order valence-electron chi connectivity index (χ0n) is 15.3. The van der Waals surface area contributed by atoms with Crippen LogP contribution >= 0.6 is 11.6 Å². The molecule has 3 aromatic rings. The summed E-state index contributed by atoms with van der Waals surface area (Å²) in [4.78, 5) is 15.7. The molecule has 0 aromatic heterocycles. The Balaban J connectivity index is 1.62. The van der Waals surface area contributed by atoms with Gasteiger partial charge in [-0.2, -0.15) is 0 Å². The molecule has 3 aromatic carbocycles. The molecule has 5 rings (SSSR count). The van der Waals surface area contributed by atoms with Crippen LogP contribution in [0.3, 0.4) is 0 Å². The van der Waals surface area contributed by atoms with Crippen molar-refractivity contribution in [1.82, 2.24) is 5.01 Å². The minimum Gasteiger partial charge on any atom is -0.333 e. The smallest absolute Gasteiger partial charge is 0.265 e. The molecule has 0 spiro atoms. The van der Waals surface area contributed by atoms with Crippen LogP contribution in [0, 0.1) is 0 Å². The van der Waals surface area contributed by atoms with Crippen LogP contribution in [0.5, 0.6) is 0 Å². The summed E-state index contributed by atoms with van der Waals surface area (Å²) in [6.07, 6.45) is 1.49. The molecule has 0 radical (unpaired) electrons. The molecule has 2 heterocycles. The highest BCUT2D eigenvalue weighted by Crippen LogP contribution is 2.44. The van der Waals surface area contributed by atoms with E-state index in [9.17, 15) is 4.79 Å². The maximum Gasteiger partial charge on any atom is 0.265 e. The molecule has 1 amide bonds. The number of fused-ring (bicyclic) bond motifs is 3. The Morgan fingerprint density at radius 3 is 2.39 bits per heavy atom. The average Bonchev–Trinajstić information content (AvgIpc) is 3.02. The highest BCUT2D eigenvalue weighted by Gasteiger charge is 2.49. The van der Waals surface area contributed by atoms with Crippen LogP contribution in [0.2, 0.25) is 5.02 Å². The van der Waals surface area contributed by atoms with Crippen LogP contribution in [-0.2, 0) is 11.2 Å². The SMILES string of the molecule is O=C1[C@@H]2CCc3ccccc3N2[C@@H](c2ccc(Cl)cc2)N1Nc1ccccc1. The van der Waals surface area contributed by atoms with Gasteiger partial charge >= 0.3 is 0 Å². The van der Waals surface area contributed by atoms with Gasteiger partial charge in [0.2, 0.25) is 0 Å². The van der Waals surface area contributed by atoms with E-state index < -0.39 is 0 Å². The summed E-state index contributed by atoms with van der Waals surface area (Å²) in [5.74, 6) is 0.0957. The van der Waals surface area contributed by atoms with Gasteiger partial charge in [-0.05, 0) is 54.3 Å². The molecule has 2 aliphatic rings. The first kappa shape index (κ1) is 17.1. The van der Waals surface area contributed by atoms with Crippen LogP contribution in [0.1, 0.15) is 23.7 Å². The summed E-state index contributed by atoms with van der Waals surface area (Å²) >= 11 is 6.12. The number of carbonyl (C=O) groups is 1. The molecule has 0 bridgehead atoms. The molecule has 1 N–H and O–H groups in total. The summed E-state index contributed by atoms with van der Waals surface area (Å²) in [7, 11) is 0. The second-order valence-corrected chi connectivity index (χ2v) is 7.64. The van der Waals surface area contributed by atoms with Crippen LogP contribution in [0.15, 0.2) is 78.9 Å². The van der Waals surface area contributed by atoms with Gasteiger partial charge in [0.15, 0.2) is 6.17 Å². The molecule has 140 valence electrons. The molecule has 0 aliphatic carbocycles. The second-order valence-electron chi connectivity index (χ2n) is 7.20. The van der Waals surface area contributed by atoms with Crippen molar-refractivity contribution in [1.29, 1.82) is 0 Å². The number of aryl methyl sites for hydroxylation is 1. The lowest BCUT2D eigenvalue weighted by Crippen LogP contribution is -2.38. The Bertz CT molecular complexity index is 1010. The van der Waals surface area contributed by atoms with Gasteiger partial charge in [0.1, 0.15) is 6.04 Å². The highest BCUT2D eigenvalue weighted by atomic mass is 35.5. The number of carbonyl (C=O) groups excluding carboxylic acids is 1. The number of nitrogens with one attached hydrogen (secondary N) is 1. The lowest BCUT2D eigenvalue weighted by Gasteiger charge is -2.37. The number of benzene rings is 3. The van der Waals surface area contributed by atoms with Crippen molar-refractivity contribution in [2.75, 3.05) is 10.3 Å². The standard InChI is InChI=1S/C23H20ClN3O/c24-18-13-10-17(11-14-18)22-26-20-9-5-4-6-16(20)12-15-21(26)23(28)27(22)25-19-7-2-1-3-8-19/h1-11,13-14,21-22,25H,12,15H2/t21-,22+/m0/s1. The molecule has 5 heteroatoms. The van der Waals surface area contributed by atoms with E-state index in [2.05, 4.69) is 28.5 Å². The summed E-state index contributed by atoms with van der Waals surface area (Å²) in [5.41, 5.74) is 7.68. The Morgan fingerprint density at radius 1 is 0.893 bits per heavy atom. The first-order valence-electron chi connectivity index (χ1n) is 9.49. The molecule has 0 saturated carbocycles. The molecule has 4 nitrogen and oxygen atoms in total. The molecule has 2 aliphatic heterocycles. The van der Waals surface area contributed by atoms with E-state index in [4.69, 9.17) is 11.6 Å². The normalized spacial score (nSPS) is 20.7. The van der Waals surface area contributed by atoms with E-state index in [0.29, 0.717) is 5.02 Å². The van der Waals surface area contributed by atoms with E-state index in [-0.39, 0.29) is 18.1 Å². The van der Waals surface area contributed by atoms with Crippen molar-refractivity contribution in [3.8, 4) is 0 Å². The van der Waals surface area contributed by atoms with E-state index in [1.165, 1.54) is 5.56 Å². The molecule has 0 unspecified atom stereocenters. The number of hydrogen-bond acceptors (Lipinski definition) is 3. The van der Waals surface area contributed by atoms with Crippen LogP contribution in [0.25, 0.3) is 0 Å². The third kappa shape index (κ3) is 2.81. The lowest BCUT2D eigenvalue weighted by molar-refractivity contribution is -0.128. The van der Waals surface area contributed by atoms with E-state index in [1.54, 1.807) is 5.01 Å². The lowest BCUT2D eigenvalue weighted by atomic mass is 9.96. The quantitative estimate of drug-likeness (QED) is 0.682. The van der Waals surface area contributed by atoms with Crippen molar-refractivity contribution in [2.24, 2.45) is 0 Å². The van der Waals surface area contributed by atoms with Gasteiger partial charge in [-0.15, -0.1) is 0 Å². The second kappa shape index (κ2) is 6.88. The fourth-order valence-electron chi connectivity index (χ4n) is 4.24. The summed E-state index contributed by atoms with van der Waals surface area (Å²) < 4.78 is 0. The molecule has 1 saturated heterocycles. The fourth-order valence-corrected chi connectivity index (χ4v) is 4.36. The van der Waals surface area contributed by atoms with Crippen LogP contribution < -0.4 is 10.3 Å². The number of nitrogens with zero attached hydrogens (tertiary/aromatic N) is 2. The van der Waals surface area contributed by atoms with Crippen LogP contribution in [-0.4, -0.2) is 17.0 Å². The molecule has 28 heavy (non-hydrogen) atoms. The monoisotopic (exact) mass is 389 g/mol. The molecule has 1 fully saturated rings. The van der Waals surface area contributed by atoms with Gasteiger partial charge in [0.25, 0.3) is 5.91 Å². The van der Waals surface area contributed by atoms with Crippen molar-refractivity contribution < 1.29 is 4.79 Å². The van der Waals surface area contributed by atoms with Gasteiger partial charge < -0.3 is 4.90 Å². The Hall–Kier alpha value is -2.98. The van der Waals surface area contributed by atoms with Gasteiger partial charge in [0.05, 0.1) is 5.69 Å². The number of halogens is 1. The van der Waals surface area contributed by atoms with Crippen molar-refractivity contribution in [2.45, 2.75) is 25.0 Å².